The Labute approximate surface area is 75.4 Å². The molecular formula is C9H9N3O. The highest BCUT2D eigenvalue weighted by Gasteiger charge is 2.03. The standard InChI is InChI=1S/C9H9N3O/c10-8-4-2-1-3-7(8)5-9-12-11-6-13-9/h1-4,6H,5,10H2. The van der Waals surface area contributed by atoms with Crippen LogP contribution in [0.5, 0.6) is 0 Å². The summed E-state index contributed by atoms with van der Waals surface area (Å²) >= 11 is 0. The number of nitrogens with zero attached hydrogens (tertiary/aromatic N) is 2. The fraction of sp³-hybridized carbons (Fsp3) is 0.111. The van der Waals surface area contributed by atoms with E-state index in [1.165, 1.54) is 6.39 Å². The van der Waals surface area contributed by atoms with Crippen molar-refractivity contribution in [2.75, 3.05) is 5.73 Å². The maximum Gasteiger partial charge on any atom is 0.220 e. The molecule has 0 aliphatic heterocycles. The molecule has 4 heteroatoms. The summed E-state index contributed by atoms with van der Waals surface area (Å²) in [5.74, 6) is 0.581. The summed E-state index contributed by atoms with van der Waals surface area (Å²) in [6.45, 7) is 0. The van der Waals surface area contributed by atoms with Crippen LogP contribution in [0.3, 0.4) is 0 Å². The zero-order valence-corrected chi connectivity index (χ0v) is 6.97. The molecule has 13 heavy (non-hydrogen) atoms. The van der Waals surface area contributed by atoms with Gasteiger partial charge in [0.15, 0.2) is 0 Å². The summed E-state index contributed by atoms with van der Waals surface area (Å²) < 4.78 is 5.01. The van der Waals surface area contributed by atoms with E-state index in [4.69, 9.17) is 10.2 Å². The molecule has 1 aromatic carbocycles. The third kappa shape index (κ3) is 1.66. The lowest BCUT2D eigenvalue weighted by Gasteiger charge is -2.00. The maximum atomic E-state index is 5.75. The number of aromatic nitrogens is 2. The Morgan fingerprint density at radius 3 is 2.85 bits per heavy atom. The minimum Gasteiger partial charge on any atom is -0.428 e. The lowest BCUT2D eigenvalue weighted by atomic mass is 10.1. The Morgan fingerprint density at radius 2 is 2.15 bits per heavy atom. The summed E-state index contributed by atoms with van der Waals surface area (Å²) in [7, 11) is 0. The van der Waals surface area contributed by atoms with Crippen molar-refractivity contribution in [3.8, 4) is 0 Å². The van der Waals surface area contributed by atoms with Crippen molar-refractivity contribution in [1.29, 1.82) is 0 Å². The zero-order valence-electron chi connectivity index (χ0n) is 6.97. The Hall–Kier alpha value is -1.84. The van der Waals surface area contributed by atoms with Gasteiger partial charge in [-0.1, -0.05) is 18.2 Å². The molecule has 0 unspecified atom stereocenters. The highest BCUT2D eigenvalue weighted by atomic mass is 16.4. The van der Waals surface area contributed by atoms with Crippen LogP contribution >= 0.6 is 0 Å². The molecule has 0 saturated heterocycles. The van der Waals surface area contributed by atoms with Gasteiger partial charge >= 0.3 is 0 Å². The molecule has 0 fully saturated rings. The van der Waals surface area contributed by atoms with Gasteiger partial charge in [0.05, 0.1) is 6.42 Å². The Balaban J connectivity index is 2.24. The van der Waals surface area contributed by atoms with Crippen LogP contribution in [0.4, 0.5) is 5.69 Å². The first kappa shape index (κ1) is 7.79. The van der Waals surface area contributed by atoms with Crippen molar-refractivity contribution in [3.63, 3.8) is 0 Å². The van der Waals surface area contributed by atoms with Gasteiger partial charge in [0.25, 0.3) is 0 Å². The Morgan fingerprint density at radius 1 is 1.31 bits per heavy atom. The van der Waals surface area contributed by atoms with Crippen molar-refractivity contribution in [1.82, 2.24) is 10.2 Å². The van der Waals surface area contributed by atoms with Gasteiger partial charge in [-0.15, -0.1) is 10.2 Å². The molecule has 2 aromatic rings. The minimum absolute atomic E-state index is 0.581. The van der Waals surface area contributed by atoms with Crippen molar-refractivity contribution in [3.05, 3.63) is 42.1 Å². The fourth-order valence-electron chi connectivity index (χ4n) is 1.13. The quantitative estimate of drug-likeness (QED) is 0.697. The van der Waals surface area contributed by atoms with Crippen LogP contribution in [0.1, 0.15) is 11.5 Å². The maximum absolute atomic E-state index is 5.75. The average molecular weight is 175 g/mol. The molecule has 1 aromatic heterocycles. The first-order valence-electron chi connectivity index (χ1n) is 3.94. The molecule has 0 saturated carbocycles. The molecule has 0 aliphatic carbocycles. The van der Waals surface area contributed by atoms with Gasteiger partial charge in [0.1, 0.15) is 0 Å². The summed E-state index contributed by atoms with van der Waals surface area (Å²) in [6, 6.07) is 7.62. The summed E-state index contributed by atoms with van der Waals surface area (Å²) in [4.78, 5) is 0. The molecule has 0 aliphatic rings. The number of para-hydroxylation sites is 1. The number of anilines is 1. The molecule has 0 atom stereocenters. The predicted molar refractivity (Wildman–Crippen MR) is 48.0 cm³/mol. The molecule has 2 rings (SSSR count). The largest absolute Gasteiger partial charge is 0.428 e. The van der Waals surface area contributed by atoms with Crippen molar-refractivity contribution in [2.24, 2.45) is 0 Å². The number of hydrogen-bond donors (Lipinski definition) is 1. The van der Waals surface area contributed by atoms with Gasteiger partial charge < -0.3 is 10.2 Å². The zero-order chi connectivity index (χ0) is 9.10. The lowest BCUT2D eigenvalue weighted by molar-refractivity contribution is 0.505. The van der Waals surface area contributed by atoms with E-state index < -0.39 is 0 Å². The molecule has 0 amide bonds. The van der Waals surface area contributed by atoms with E-state index in [9.17, 15) is 0 Å². The Kier molecular flexibility index (Phi) is 1.96. The van der Waals surface area contributed by atoms with Crippen LogP contribution in [0, 0.1) is 0 Å². The number of nitrogens with two attached hydrogens (primary N) is 1. The monoisotopic (exact) mass is 175 g/mol. The second kappa shape index (κ2) is 3.26. The topological polar surface area (TPSA) is 64.9 Å². The second-order valence-electron chi connectivity index (χ2n) is 2.71. The molecule has 1 heterocycles. The van der Waals surface area contributed by atoms with E-state index in [-0.39, 0.29) is 0 Å². The summed E-state index contributed by atoms with van der Waals surface area (Å²) in [5, 5.41) is 7.37. The van der Waals surface area contributed by atoms with Gasteiger partial charge in [0.2, 0.25) is 12.3 Å². The van der Waals surface area contributed by atoms with Crippen LogP contribution in [0.15, 0.2) is 35.1 Å². The van der Waals surface area contributed by atoms with Crippen LogP contribution in [0.25, 0.3) is 0 Å². The van der Waals surface area contributed by atoms with Crippen molar-refractivity contribution < 1.29 is 4.42 Å². The van der Waals surface area contributed by atoms with Crippen LogP contribution in [0.2, 0.25) is 0 Å². The third-order valence-corrected chi connectivity index (χ3v) is 1.80. The smallest absolute Gasteiger partial charge is 0.220 e. The van der Waals surface area contributed by atoms with E-state index in [1.54, 1.807) is 0 Å². The van der Waals surface area contributed by atoms with E-state index in [0.29, 0.717) is 12.3 Å². The fourth-order valence-corrected chi connectivity index (χ4v) is 1.13. The van der Waals surface area contributed by atoms with Crippen molar-refractivity contribution >= 4 is 5.69 Å². The predicted octanol–water partition coefficient (Wildman–Crippen LogP) is 1.24. The van der Waals surface area contributed by atoms with Gasteiger partial charge in [-0.25, -0.2) is 0 Å². The van der Waals surface area contributed by atoms with Crippen LogP contribution in [-0.4, -0.2) is 10.2 Å². The normalized spacial score (nSPS) is 10.2. The van der Waals surface area contributed by atoms with Gasteiger partial charge in [-0.3, -0.25) is 0 Å². The molecule has 0 bridgehead atoms. The Bertz CT molecular complexity index is 384. The second-order valence-corrected chi connectivity index (χ2v) is 2.71. The van der Waals surface area contributed by atoms with E-state index in [0.717, 1.165) is 11.3 Å². The SMILES string of the molecule is Nc1ccccc1Cc1nnco1. The number of rotatable bonds is 2. The van der Waals surface area contributed by atoms with E-state index in [1.807, 2.05) is 24.3 Å². The van der Waals surface area contributed by atoms with Crippen LogP contribution in [-0.2, 0) is 6.42 Å². The lowest BCUT2D eigenvalue weighted by Crippen LogP contribution is -1.95. The number of hydrogen-bond acceptors (Lipinski definition) is 4. The van der Waals surface area contributed by atoms with Crippen molar-refractivity contribution in [2.45, 2.75) is 6.42 Å². The summed E-state index contributed by atoms with van der Waals surface area (Å²) in [5.41, 5.74) is 7.50. The third-order valence-electron chi connectivity index (χ3n) is 1.80. The molecule has 4 nitrogen and oxygen atoms in total. The van der Waals surface area contributed by atoms with E-state index >= 15 is 0 Å². The summed E-state index contributed by atoms with van der Waals surface area (Å²) in [6.07, 6.45) is 1.90. The van der Waals surface area contributed by atoms with Gasteiger partial charge in [-0.05, 0) is 11.6 Å². The first-order valence-corrected chi connectivity index (χ1v) is 3.94. The molecule has 2 N–H and O–H groups in total. The average Bonchev–Trinajstić information content (AvgIpc) is 2.61. The molecular weight excluding hydrogens is 166 g/mol. The molecule has 0 radical (unpaired) electrons. The van der Waals surface area contributed by atoms with E-state index in [2.05, 4.69) is 10.2 Å². The van der Waals surface area contributed by atoms with Crippen LogP contribution < -0.4 is 5.73 Å². The molecule has 66 valence electrons. The first-order chi connectivity index (χ1) is 6.36. The van der Waals surface area contributed by atoms with Gasteiger partial charge in [0, 0.05) is 5.69 Å². The van der Waals surface area contributed by atoms with Gasteiger partial charge in [-0.2, -0.15) is 0 Å². The highest BCUT2D eigenvalue weighted by molar-refractivity contribution is 5.47. The number of benzene rings is 1. The number of nitrogen functional groups attached to an aromatic ring is 1. The molecule has 0 spiro atoms. The highest BCUT2D eigenvalue weighted by Crippen LogP contribution is 2.13. The minimum atomic E-state index is 0.581.